The molecule has 1 aromatic heterocycles. The van der Waals surface area contributed by atoms with E-state index in [2.05, 4.69) is 50.3 Å². The SMILES string of the molecule is CC(C)NCC/C=C/c1c(Cl)cnn1C(C)C. The maximum Gasteiger partial charge on any atom is 0.0859 e. The second kappa shape index (κ2) is 6.82. The normalized spacial score (nSPS) is 12.2. The second-order valence-corrected chi connectivity index (χ2v) is 5.12. The van der Waals surface area contributed by atoms with Gasteiger partial charge >= 0.3 is 0 Å². The molecule has 0 aliphatic heterocycles. The Balaban J connectivity index is 2.55. The topological polar surface area (TPSA) is 29.9 Å². The lowest BCUT2D eigenvalue weighted by molar-refractivity contribution is 0.528. The highest BCUT2D eigenvalue weighted by Gasteiger charge is 2.07. The van der Waals surface area contributed by atoms with Crippen LogP contribution in [-0.2, 0) is 0 Å². The Labute approximate surface area is 109 Å². The molecular formula is C13H22ClN3. The van der Waals surface area contributed by atoms with Crippen molar-refractivity contribution in [3.8, 4) is 0 Å². The van der Waals surface area contributed by atoms with Crippen molar-refractivity contribution in [2.75, 3.05) is 6.54 Å². The zero-order valence-corrected chi connectivity index (χ0v) is 11.8. The first kappa shape index (κ1) is 14.3. The van der Waals surface area contributed by atoms with Crippen molar-refractivity contribution >= 4 is 17.7 Å². The van der Waals surface area contributed by atoms with Crippen molar-refractivity contribution in [2.24, 2.45) is 0 Å². The summed E-state index contributed by atoms with van der Waals surface area (Å²) in [6.45, 7) is 9.48. The molecule has 0 spiro atoms. The van der Waals surface area contributed by atoms with Gasteiger partial charge in [-0.1, -0.05) is 31.5 Å². The quantitative estimate of drug-likeness (QED) is 0.789. The van der Waals surface area contributed by atoms with E-state index in [4.69, 9.17) is 11.6 Å². The largest absolute Gasteiger partial charge is 0.314 e. The number of aromatic nitrogens is 2. The number of halogens is 1. The highest BCUT2D eigenvalue weighted by atomic mass is 35.5. The van der Waals surface area contributed by atoms with Gasteiger partial charge in [-0.2, -0.15) is 5.10 Å². The Morgan fingerprint density at radius 2 is 2.12 bits per heavy atom. The molecule has 0 aliphatic carbocycles. The molecule has 17 heavy (non-hydrogen) atoms. The minimum Gasteiger partial charge on any atom is -0.314 e. The molecular weight excluding hydrogens is 234 g/mol. The highest BCUT2D eigenvalue weighted by molar-refractivity contribution is 6.31. The smallest absolute Gasteiger partial charge is 0.0859 e. The van der Waals surface area contributed by atoms with E-state index in [9.17, 15) is 0 Å². The first-order chi connectivity index (χ1) is 8.02. The summed E-state index contributed by atoms with van der Waals surface area (Å²) in [4.78, 5) is 0. The van der Waals surface area contributed by atoms with Crippen molar-refractivity contribution < 1.29 is 0 Å². The van der Waals surface area contributed by atoms with Crippen LogP contribution in [0.4, 0.5) is 0 Å². The van der Waals surface area contributed by atoms with Gasteiger partial charge in [-0.05, 0) is 32.9 Å². The van der Waals surface area contributed by atoms with E-state index in [1.165, 1.54) is 0 Å². The molecule has 1 heterocycles. The number of nitrogens with one attached hydrogen (secondary N) is 1. The standard InChI is InChI=1S/C13H22ClN3/c1-10(2)15-8-6-5-7-13-12(14)9-16-17(13)11(3)4/h5,7,9-11,15H,6,8H2,1-4H3/b7-5+. The van der Waals surface area contributed by atoms with Gasteiger partial charge in [0.15, 0.2) is 0 Å². The van der Waals surface area contributed by atoms with Crippen LogP contribution in [0, 0.1) is 0 Å². The van der Waals surface area contributed by atoms with E-state index < -0.39 is 0 Å². The van der Waals surface area contributed by atoms with Crippen LogP contribution in [0.2, 0.25) is 5.02 Å². The number of hydrogen-bond donors (Lipinski definition) is 1. The molecule has 0 radical (unpaired) electrons. The number of nitrogens with zero attached hydrogens (tertiary/aromatic N) is 2. The molecule has 0 fully saturated rings. The van der Waals surface area contributed by atoms with Crippen LogP contribution in [0.25, 0.3) is 6.08 Å². The summed E-state index contributed by atoms with van der Waals surface area (Å²) >= 11 is 6.10. The molecule has 3 nitrogen and oxygen atoms in total. The van der Waals surface area contributed by atoms with Crippen LogP contribution >= 0.6 is 11.6 Å². The highest BCUT2D eigenvalue weighted by Crippen LogP contribution is 2.20. The van der Waals surface area contributed by atoms with Gasteiger partial charge in [-0.25, -0.2) is 0 Å². The van der Waals surface area contributed by atoms with Gasteiger partial charge in [0.25, 0.3) is 0 Å². The van der Waals surface area contributed by atoms with Crippen LogP contribution in [0.1, 0.15) is 45.9 Å². The van der Waals surface area contributed by atoms with Crippen LogP contribution in [-0.4, -0.2) is 22.4 Å². The summed E-state index contributed by atoms with van der Waals surface area (Å²) in [5, 5.41) is 8.35. The van der Waals surface area contributed by atoms with Gasteiger partial charge in [0.2, 0.25) is 0 Å². The molecule has 1 aromatic rings. The predicted octanol–water partition coefficient (Wildman–Crippen LogP) is 3.52. The molecule has 0 bridgehead atoms. The Bertz CT molecular complexity index is 367. The minimum absolute atomic E-state index is 0.330. The Morgan fingerprint density at radius 1 is 1.41 bits per heavy atom. The van der Waals surface area contributed by atoms with Gasteiger partial charge in [0, 0.05) is 12.1 Å². The molecule has 96 valence electrons. The summed E-state index contributed by atoms with van der Waals surface area (Å²) in [6.07, 6.45) is 6.89. The molecule has 1 rings (SSSR count). The molecule has 0 saturated carbocycles. The van der Waals surface area contributed by atoms with Gasteiger partial charge in [0.1, 0.15) is 0 Å². The molecule has 0 aliphatic rings. The fraction of sp³-hybridized carbons (Fsp3) is 0.615. The Hall–Kier alpha value is -0.800. The first-order valence-corrected chi connectivity index (χ1v) is 6.53. The Kier molecular flexibility index (Phi) is 5.72. The summed E-state index contributed by atoms with van der Waals surface area (Å²) < 4.78 is 1.94. The van der Waals surface area contributed by atoms with E-state index in [0.717, 1.165) is 18.7 Å². The average molecular weight is 256 g/mol. The molecule has 0 atom stereocenters. The molecule has 0 saturated heterocycles. The van der Waals surface area contributed by atoms with Crippen LogP contribution in [0.3, 0.4) is 0 Å². The summed E-state index contributed by atoms with van der Waals surface area (Å²) in [5.41, 5.74) is 0.992. The number of rotatable bonds is 6. The summed E-state index contributed by atoms with van der Waals surface area (Å²) in [6, 6.07) is 0.865. The molecule has 1 N–H and O–H groups in total. The van der Waals surface area contributed by atoms with Crippen molar-refractivity contribution in [3.63, 3.8) is 0 Å². The van der Waals surface area contributed by atoms with E-state index in [1.54, 1.807) is 6.20 Å². The van der Waals surface area contributed by atoms with E-state index in [0.29, 0.717) is 17.1 Å². The third-order valence-corrected chi connectivity index (χ3v) is 2.71. The van der Waals surface area contributed by atoms with Crippen molar-refractivity contribution in [3.05, 3.63) is 23.0 Å². The first-order valence-electron chi connectivity index (χ1n) is 6.15. The van der Waals surface area contributed by atoms with Gasteiger partial charge < -0.3 is 5.32 Å². The third kappa shape index (κ3) is 4.52. The van der Waals surface area contributed by atoms with E-state index in [1.807, 2.05) is 4.68 Å². The minimum atomic E-state index is 0.330. The maximum atomic E-state index is 6.10. The summed E-state index contributed by atoms with van der Waals surface area (Å²) in [5.74, 6) is 0. The molecule has 0 aromatic carbocycles. The fourth-order valence-electron chi connectivity index (χ4n) is 1.57. The van der Waals surface area contributed by atoms with E-state index >= 15 is 0 Å². The van der Waals surface area contributed by atoms with Gasteiger partial charge in [-0.3, -0.25) is 4.68 Å². The summed E-state index contributed by atoms with van der Waals surface area (Å²) in [7, 11) is 0. The zero-order valence-electron chi connectivity index (χ0n) is 11.1. The van der Waals surface area contributed by atoms with Crippen molar-refractivity contribution in [1.29, 1.82) is 0 Å². The molecule has 0 unspecified atom stereocenters. The monoisotopic (exact) mass is 255 g/mol. The fourth-order valence-corrected chi connectivity index (χ4v) is 1.76. The second-order valence-electron chi connectivity index (χ2n) is 4.72. The lowest BCUT2D eigenvalue weighted by Gasteiger charge is -2.08. The Morgan fingerprint density at radius 3 is 2.71 bits per heavy atom. The number of hydrogen-bond acceptors (Lipinski definition) is 2. The molecule has 0 amide bonds. The molecule has 4 heteroatoms. The van der Waals surface area contributed by atoms with Crippen LogP contribution in [0.5, 0.6) is 0 Å². The van der Waals surface area contributed by atoms with Crippen molar-refractivity contribution in [1.82, 2.24) is 15.1 Å². The van der Waals surface area contributed by atoms with Gasteiger partial charge in [-0.15, -0.1) is 0 Å². The van der Waals surface area contributed by atoms with Crippen LogP contribution < -0.4 is 5.32 Å². The zero-order chi connectivity index (χ0) is 12.8. The van der Waals surface area contributed by atoms with Gasteiger partial charge in [0.05, 0.1) is 16.9 Å². The predicted molar refractivity (Wildman–Crippen MR) is 74.4 cm³/mol. The lowest BCUT2D eigenvalue weighted by atomic mass is 10.3. The third-order valence-electron chi connectivity index (χ3n) is 2.42. The van der Waals surface area contributed by atoms with Crippen LogP contribution in [0.15, 0.2) is 12.3 Å². The van der Waals surface area contributed by atoms with Crippen molar-refractivity contribution in [2.45, 2.75) is 46.2 Å². The maximum absolute atomic E-state index is 6.10. The van der Waals surface area contributed by atoms with E-state index in [-0.39, 0.29) is 0 Å². The lowest BCUT2D eigenvalue weighted by Crippen LogP contribution is -2.23. The average Bonchev–Trinajstić information content (AvgIpc) is 2.59.